The number of aryl methyl sites for hydroxylation is 1. The van der Waals surface area contributed by atoms with Gasteiger partial charge in [0.15, 0.2) is 4.77 Å². The first-order valence-electron chi connectivity index (χ1n) is 8.55. The van der Waals surface area contributed by atoms with Crippen LogP contribution in [0.5, 0.6) is 0 Å². The van der Waals surface area contributed by atoms with Gasteiger partial charge < -0.3 is 9.47 Å². The Hall–Kier alpha value is -1.99. The number of aromatic nitrogens is 3. The van der Waals surface area contributed by atoms with Crippen molar-refractivity contribution in [2.24, 2.45) is 7.05 Å². The summed E-state index contributed by atoms with van der Waals surface area (Å²) in [5.41, 5.74) is 0.551. The van der Waals surface area contributed by atoms with Gasteiger partial charge in [-0.05, 0) is 31.6 Å². The van der Waals surface area contributed by atoms with Crippen molar-refractivity contribution < 1.29 is 4.79 Å². The average Bonchev–Trinajstić information content (AvgIpc) is 2.94. The fraction of sp³-hybridized carbons (Fsp3) is 0.500. The summed E-state index contributed by atoms with van der Waals surface area (Å²) in [6.45, 7) is 7.80. The lowest BCUT2D eigenvalue weighted by atomic mass is 9.83. The van der Waals surface area contributed by atoms with Gasteiger partial charge in [0, 0.05) is 33.2 Å². The highest BCUT2D eigenvalue weighted by atomic mass is 32.1. The molecule has 25 heavy (non-hydrogen) atoms. The first-order valence-corrected chi connectivity index (χ1v) is 8.96. The Labute approximate surface area is 153 Å². The molecule has 1 aliphatic rings. The molecule has 1 aliphatic heterocycles. The number of benzene rings is 1. The van der Waals surface area contributed by atoms with Crippen molar-refractivity contribution in [2.45, 2.75) is 25.9 Å². The zero-order valence-electron chi connectivity index (χ0n) is 15.1. The molecule has 0 atom stereocenters. The zero-order chi connectivity index (χ0) is 18.0. The standard InChI is InChI=1S/C18H25N5OS/c1-18(2,15-7-5-4-6-8-15)16(24)22-11-9-21(10-12-22)14-23-17(25)20(3)13-19-23/h4-8,13H,9-12,14H2,1-3H3. The largest absolute Gasteiger partial charge is 0.339 e. The molecule has 0 N–H and O–H groups in total. The van der Waals surface area contributed by atoms with Gasteiger partial charge in [0.1, 0.15) is 6.33 Å². The summed E-state index contributed by atoms with van der Waals surface area (Å²) in [7, 11) is 1.90. The van der Waals surface area contributed by atoms with Gasteiger partial charge in [-0.25, -0.2) is 4.68 Å². The van der Waals surface area contributed by atoms with E-state index in [0.29, 0.717) is 11.4 Å². The second kappa shape index (κ2) is 7.09. The number of carbonyl (C=O) groups is 1. The van der Waals surface area contributed by atoms with E-state index < -0.39 is 5.41 Å². The Balaban J connectivity index is 1.61. The van der Waals surface area contributed by atoms with Crippen molar-refractivity contribution in [1.82, 2.24) is 24.1 Å². The fourth-order valence-electron chi connectivity index (χ4n) is 3.17. The maximum Gasteiger partial charge on any atom is 0.232 e. The van der Waals surface area contributed by atoms with E-state index in [1.807, 2.05) is 65.4 Å². The van der Waals surface area contributed by atoms with Crippen molar-refractivity contribution in [3.05, 3.63) is 47.0 Å². The molecule has 134 valence electrons. The van der Waals surface area contributed by atoms with Crippen LogP contribution in [0.15, 0.2) is 36.7 Å². The molecule has 0 saturated carbocycles. The van der Waals surface area contributed by atoms with Crippen LogP contribution in [0.25, 0.3) is 0 Å². The highest BCUT2D eigenvalue weighted by Crippen LogP contribution is 2.26. The molecule has 7 heteroatoms. The minimum absolute atomic E-state index is 0.188. The van der Waals surface area contributed by atoms with Crippen LogP contribution >= 0.6 is 12.2 Å². The Kier molecular flexibility index (Phi) is 5.06. The van der Waals surface area contributed by atoms with Crippen LogP contribution in [0, 0.1) is 4.77 Å². The number of carbonyl (C=O) groups excluding carboxylic acids is 1. The summed E-state index contributed by atoms with van der Waals surface area (Å²) in [4.78, 5) is 17.3. The topological polar surface area (TPSA) is 46.3 Å². The fourth-order valence-corrected chi connectivity index (χ4v) is 3.33. The highest BCUT2D eigenvalue weighted by Gasteiger charge is 2.35. The third-order valence-electron chi connectivity index (χ3n) is 4.91. The minimum Gasteiger partial charge on any atom is -0.339 e. The van der Waals surface area contributed by atoms with Gasteiger partial charge >= 0.3 is 0 Å². The average molecular weight is 359 g/mol. The number of rotatable bonds is 4. The van der Waals surface area contributed by atoms with E-state index >= 15 is 0 Å². The molecule has 1 amide bonds. The van der Waals surface area contributed by atoms with Crippen molar-refractivity contribution in [3.8, 4) is 0 Å². The molecule has 0 aliphatic carbocycles. The first-order chi connectivity index (χ1) is 11.9. The van der Waals surface area contributed by atoms with E-state index in [0.717, 1.165) is 31.7 Å². The van der Waals surface area contributed by atoms with E-state index in [-0.39, 0.29) is 5.91 Å². The predicted molar refractivity (Wildman–Crippen MR) is 99.7 cm³/mol. The molecule has 0 spiro atoms. The number of hydrogen-bond donors (Lipinski definition) is 0. The van der Waals surface area contributed by atoms with Gasteiger partial charge in [0.25, 0.3) is 0 Å². The summed E-state index contributed by atoms with van der Waals surface area (Å²) in [6.07, 6.45) is 1.73. The number of piperazine rings is 1. The molecule has 3 rings (SSSR count). The number of nitrogens with zero attached hydrogens (tertiary/aromatic N) is 5. The third kappa shape index (κ3) is 3.67. The molecule has 0 radical (unpaired) electrons. The Morgan fingerprint density at radius 3 is 2.36 bits per heavy atom. The first kappa shape index (κ1) is 17.8. The molecule has 1 aromatic heterocycles. The summed E-state index contributed by atoms with van der Waals surface area (Å²) >= 11 is 5.33. The van der Waals surface area contributed by atoms with Crippen LogP contribution < -0.4 is 0 Å². The summed E-state index contributed by atoms with van der Waals surface area (Å²) in [5, 5.41) is 4.30. The van der Waals surface area contributed by atoms with E-state index in [2.05, 4.69) is 10.00 Å². The normalized spacial score (nSPS) is 16.2. The molecule has 6 nitrogen and oxygen atoms in total. The second-order valence-electron chi connectivity index (χ2n) is 7.07. The van der Waals surface area contributed by atoms with Gasteiger partial charge in [0.05, 0.1) is 12.1 Å². The smallest absolute Gasteiger partial charge is 0.232 e. The number of amides is 1. The molecule has 2 heterocycles. The predicted octanol–water partition coefficient (Wildman–Crippen LogP) is 2.03. The zero-order valence-corrected chi connectivity index (χ0v) is 15.9. The molecule has 1 aromatic carbocycles. The SMILES string of the molecule is Cn1cnn(CN2CCN(C(=O)C(C)(C)c3ccccc3)CC2)c1=S. The maximum atomic E-state index is 13.0. The second-order valence-corrected chi connectivity index (χ2v) is 7.43. The van der Waals surface area contributed by atoms with E-state index in [9.17, 15) is 4.79 Å². The van der Waals surface area contributed by atoms with Crippen molar-refractivity contribution in [2.75, 3.05) is 26.2 Å². The molecule has 1 saturated heterocycles. The van der Waals surface area contributed by atoms with Crippen LogP contribution in [0.3, 0.4) is 0 Å². The Morgan fingerprint density at radius 1 is 1.16 bits per heavy atom. The van der Waals surface area contributed by atoms with Gasteiger partial charge in [-0.1, -0.05) is 30.3 Å². The minimum atomic E-state index is -0.507. The van der Waals surface area contributed by atoms with Crippen LogP contribution in [0.2, 0.25) is 0 Å². The third-order valence-corrected chi connectivity index (χ3v) is 5.41. The van der Waals surface area contributed by atoms with E-state index in [1.165, 1.54) is 0 Å². The highest BCUT2D eigenvalue weighted by molar-refractivity contribution is 7.71. The van der Waals surface area contributed by atoms with Crippen LogP contribution in [-0.2, 0) is 23.9 Å². The van der Waals surface area contributed by atoms with Gasteiger partial charge in [-0.2, -0.15) is 5.10 Å². The molecule has 0 bridgehead atoms. The molecule has 2 aromatic rings. The Bertz CT molecular complexity index is 787. The van der Waals surface area contributed by atoms with E-state index in [4.69, 9.17) is 12.2 Å². The van der Waals surface area contributed by atoms with Crippen molar-refractivity contribution >= 4 is 18.1 Å². The van der Waals surface area contributed by atoms with Crippen LogP contribution in [0.1, 0.15) is 19.4 Å². The molecular formula is C18H25N5OS. The lowest BCUT2D eigenvalue weighted by Gasteiger charge is -2.38. The van der Waals surface area contributed by atoms with Gasteiger partial charge in [0.2, 0.25) is 5.91 Å². The van der Waals surface area contributed by atoms with E-state index in [1.54, 1.807) is 6.33 Å². The summed E-state index contributed by atoms with van der Waals surface area (Å²) in [6, 6.07) is 10.00. The summed E-state index contributed by atoms with van der Waals surface area (Å²) < 4.78 is 4.36. The van der Waals surface area contributed by atoms with Gasteiger partial charge in [-0.3, -0.25) is 9.69 Å². The molecular weight excluding hydrogens is 334 g/mol. The Morgan fingerprint density at radius 2 is 1.80 bits per heavy atom. The lowest BCUT2D eigenvalue weighted by Crippen LogP contribution is -2.53. The van der Waals surface area contributed by atoms with Gasteiger partial charge in [-0.15, -0.1) is 0 Å². The number of hydrogen-bond acceptors (Lipinski definition) is 4. The molecule has 1 fully saturated rings. The lowest BCUT2D eigenvalue weighted by molar-refractivity contribution is -0.138. The van der Waals surface area contributed by atoms with Crippen molar-refractivity contribution in [1.29, 1.82) is 0 Å². The van der Waals surface area contributed by atoms with Crippen molar-refractivity contribution in [3.63, 3.8) is 0 Å². The monoisotopic (exact) mass is 359 g/mol. The summed E-state index contributed by atoms with van der Waals surface area (Å²) in [5.74, 6) is 0.188. The molecule has 0 unspecified atom stereocenters. The quantitative estimate of drug-likeness (QED) is 0.784. The van der Waals surface area contributed by atoms with Crippen LogP contribution in [0.4, 0.5) is 0 Å². The maximum absolute atomic E-state index is 13.0. The van der Waals surface area contributed by atoms with Crippen LogP contribution in [-0.4, -0.2) is 56.2 Å².